The number of hydrogen-bond donors (Lipinski definition) is 1. The molecule has 3 nitrogen and oxygen atoms in total. The quantitative estimate of drug-likeness (QED) is 0.763. The minimum absolute atomic E-state index is 0.408. The summed E-state index contributed by atoms with van der Waals surface area (Å²) in [6.07, 6.45) is 5.16. The van der Waals surface area contributed by atoms with Crippen LogP contribution in [0.15, 0.2) is 42.0 Å². The summed E-state index contributed by atoms with van der Waals surface area (Å²) < 4.78 is 2.10. The van der Waals surface area contributed by atoms with Gasteiger partial charge in [-0.15, -0.1) is 11.3 Å². The molecule has 3 aromatic rings. The maximum Gasteiger partial charge on any atom is 0.193 e. The van der Waals surface area contributed by atoms with Crippen molar-refractivity contribution in [1.82, 2.24) is 14.7 Å². The molecule has 0 amide bonds. The molecule has 2 aromatic heterocycles. The van der Waals surface area contributed by atoms with Gasteiger partial charge >= 0.3 is 0 Å². The van der Waals surface area contributed by atoms with E-state index in [1.165, 1.54) is 11.1 Å². The second kappa shape index (κ2) is 3.93. The SMILES string of the molecule is c1ccc2c(c1)CNC2Cc1cn2ccsc2n1. The van der Waals surface area contributed by atoms with Gasteiger partial charge in [-0.25, -0.2) is 4.98 Å². The van der Waals surface area contributed by atoms with E-state index in [-0.39, 0.29) is 0 Å². The third-order valence-corrected chi connectivity index (χ3v) is 4.30. The zero-order valence-corrected chi connectivity index (χ0v) is 10.7. The van der Waals surface area contributed by atoms with E-state index < -0.39 is 0 Å². The van der Waals surface area contributed by atoms with Crippen LogP contribution in [-0.2, 0) is 13.0 Å². The Bertz CT molecular complexity index is 669. The van der Waals surface area contributed by atoms with Gasteiger partial charge in [0.25, 0.3) is 0 Å². The summed E-state index contributed by atoms with van der Waals surface area (Å²) in [4.78, 5) is 5.73. The predicted molar refractivity (Wildman–Crippen MR) is 72.8 cm³/mol. The van der Waals surface area contributed by atoms with Crippen LogP contribution in [0.5, 0.6) is 0 Å². The van der Waals surface area contributed by atoms with E-state index in [0.717, 1.165) is 23.6 Å². The summed E-state index contributed by atoms with van der Waals surface area (Å²) in [6.45, 7) is 0.975. The highest BCUT2D eigenvalue weighted by Crippen LogP contribution is 2.27. The highest BCUT2D eigenvalue weighted by Gasteiger charge is 2.22. The standard InChI is InChI=1S/C14H13N3S/c1-2-4-12-10(3-1)8-15-13(12)7-11-9-17-5-6-18-14(17)16-11/h1-6,9,13,15H,7-8H2. The van der Waals surface area contributed by atoms with Gasteiger partial charge in [-0.2, -0.15) is 0 Å². The van der Waals surface area contributed by atoms with Crippen molar-refractivity contribution in [1.29, 1.82) is 0 Å². The number of benzene rings is 1. The molecule has 0 aliphatic carbocycles. The number of imidazole rings is 1. The Morgan fingerprint density at radius 2 is 2.33 bits per heavy atom. The van der Waals surface area contributed by atoms with Gasteiger partial charge in [0, 0.05) is 36.8 Å². The maximum atomic E-state index is 4.65. The van der Waals surface area contributed by atoms with Crippen LogP contribution in [0.4, 0.5) is 0 Å². The van der Waals surface area contributed by atoms with Crippen molar-refractivity contribution in [2.75, 3.05) is 0 Å². The molecule has 1 aliphatic rings. The molecule has 0 bridgehead atoms. The van der Waals surface area contributed by atoms with E-state index in [1.807, 2.05) is 0 Å². The lowest BCUT2D eigenvalue weighted by atomic mass is 10.0. The largest absolute Gasteiger partial charge is 0.305 e. The van der Waals surface area contributed by atoms with Gasteiger partial charge in [0.15, 0.2) is 4.96 Å². The summed E-state index contributed by atoms with van der Waals surface area (Å²) in [7, 11) is 0. The Kier molecular flexibility index (Phi) is 2.25. The summed E-state index contributed by atoms with van der Waals surface area (Å²) >= 11 is 1.68. The first-order chi connectivity index (χ1) is 8.90. The van der Waals surface area contributed by atoms with Crippen LogP contribution in [0, 0.1) is 0 Å². The van der Waals surface area contributed by atoms with Gasteiger partial charge in [0.05, 0.1) is 5.69 Å². The van der Waals surface area contributed by atoms with Crippen molar-refractivity contribution in [3.63, 3.8) is 0 Å². The topological polar surface area (TPSA) is 29.3 Å². The zero-order chi connectivity index (χ0) is 11.9. The minimum atomic E-state index is 0.408. The molecule has 1 aliphatic heterocycles. The van der Waals surface area contributed by atoms with Crippen LogP contribution in [0.3, 0.4) is 0 Å². The Morgan fingerprint density at radius 1 is 1.39 bits per heavy atom. The second-order valence-electron chi connectivity index (χ2n) is 4.66. The van der Waals surface area contributed by atoms with E-state index in [1.54, 1.807) is 11.3 Å². The van der Waals surface area contributed by atoms with E-state index in [0.29, 0.717) is 6.04 Å². The molecule has 1 N–H and O–H groups in total. The van der Waals surface area contributed by atoms with Gasteiger partial charge in [-0.3, -0.25) is 4.40 Å². The van der Waals surface area contributed by atoms with Gasteiger partial charge in [-0.05, 0) is 11.1 Å². The molecular formula is C14H13N3S. The van der Waals surface area contributed by atoms with Crippen LogP contribution in [-0.4, -0.2) is 9.38 Å². The van der Waals surface area contributed by atoms with Crippen molar-refractivity contribution in [2.45, 2.75) is 19.0 Å². The fourth-order valence-corrected chi connectivity index (χ4v) is 3.36. The molecule has 90 valence electrons. The summed E-state index contributed by atoms with van der Waals surface area (Å²) in [5, 5.41) is 5.63. The fraction of sp³-hybridized carbons (Fsp3) is 0.214. The summed E-state index contributed by atoms with van der Waals surface area (Å²) in [6, 6.07) is 9.05. The van der Waals surface area contributed by atoms with E-state index >= 15 is 0 Å². The fourth-order valence-electron chi connectivity index (χ4n) is 2.64. The van der Waals surface area contributed by atoms with Gasteiger partial charge in [0.2, 0.25) is 0 Å². The lowest BCUT2D eigenvalue weighted by Crippen LogP contribution is -2.14. The Balaban J connectivity index is 1.64. The zero-order valence-electron chi connectivity index (χ0n) is 9.84. The monoisotopic (exact) mass is 255 g/mol. The molecule has 4 rings (SSSR count). The third kappa shape index (κ3) is 1.57. The highest BCUT2D eigenvalue weighted by molar-refractivity contribution is 7.15. The minimum Gasteiger partial charge on any atom is -0.305 e. The molecule has 1 unspecified atom stereocenters. The maximum absolute atomic E-state index is 4.65. The molecule has 18 heavy (non-hydrogen) atoms. The lowest BCUT2D eigenvalue weighted by Gasteiger charge is -2.09. The first-order valence-electron chi connectivity index (χ1n) is 6.12. The van der Waals surface area contributed by atoms with Crippen LogP contribution < -0.4 is 5.32 Å². The molecule has 0 saturated carbocycles. The van der Waals surface area contributed by atoms with E-state index in [2.05, 4.69) is 56.7 Å². The van der Waals surface area contributed by atoms with Crippen LogP contribution in [0.2, 0.25) is 0 Å². The number of aromatic nitrogens is 2. The molecule has 3 heterocycles. The van der Waals surface area contributed by atoms with Crippen molar-refractivity contribution < 1.29 is 0 Å². The predicted octanol–water partition coefficient (Wildman–Crippen LogP) is 2.78. The molecule has 0 fully saturated rings. The Hall–Kier alpha value is -1.65. The highest BCUT2D eigenvalue weighted by atomic mass is 32.1. The number of rotatable bonds is 2. The second-order valence-corrected chi connectivity index (χ2v) is 5.53. The Labute approximate surface area is 109 Å². The molecular weight excluding hydrogens is 242 g/mol. The summed E-state index contributed by atoms with van der Waals surface area (Å²) in [5.74, 6) is 0. The Morgan fingerprint density at radius 3 is 3.28 bits per heavy atom. The number of fused-ring (bicyclic) bond motifs is 2. The number of hydrogen-bond acceptors (Lipinski definition) is 3. The molecule has 0 saturated heterocycles. The number of thiazole rings is 1. The normalized spacial score (nSPS) is 18.3. The van der Waals surface area contributed by atoms with E-state index in [9.17, 15) is 0 Å². The number of nitrogens with zero attached hydrogens (tertiary/aromatic N) is 2. The molecule has 0 radical (unpaired) electrons. The average molecular weight is 255 g/mol. The smallest absolute Gasteiger partial charge is 0.193 e. The van der Waals surface area contributed by atoms with Crippen LogP contribution >= 0.6 is 11.3 Å². The summed E-state index contributed by atoms with van der Waals surface area (Å²) in [5.41, 5.74) is 4.01. The lowest BCUT2D eigenvalue weighted by molar-refractivity contribution is 0.575. The van der Waals surface area contributed by atoms with Gasteiger partial charge < -0.3 is 5.32 Å². The van der Waals surface area contributed by atoms with Gasteiger partial charge in [-0.1, -0.05) is 24.3 Å². The first-order valence-corrected chi connectivity index (χ1v) is 7.00. The molecule has 4 heteroatoms. The van der Waals surface area contributed by atoms with Crippen molar-refractivity contribution in [3.8, 4) is 0 Å². The molecule has 1 atom stereocenters. The first kappa shape index (κ1) is 10.3. The molecule has 0 spiro atoms. The van der Waals surface area contributed by atoms with Crippen molar-refractivity contribution in [3.05, 3.63) is 58.9 Å². The van der Waals surface area contributed by atoms with Gasteiger partial charge in [0.1, 0.15) is 0 Å². The van der Waals surface area contributed by atoms with E-state index in [4.69, 9.17) is 0 Å². The van der Waals surface area contributed by atoms with Crippen LogP contribution in [0.1, 0.15) is 22.9 Å². The van der Waals surface area contributed by atoms with Crippen molar-refractivity contribution in [2.24, 2.45) is 0 Å². The average Bonchev–Trinajstić information content (AvgIpc) is 3.04. The molecule has 1 aromatic carbocycles. The number of nitrogens with one attached hydrogen (secondary N) is 1. The van der Waals surface area contributed by atoms with Crippen LogP contribution in [0.25, 0.3) is 4.96 Å². The van der Waals surface area contributed by atoms with Crippen molar-refractivity contribution >= 4 is 16.3 Å². The third-order valence-electron chi connectivity index (χ3n) is 3.53.